The molecule has 6 N–H and O–H groups in total. The quantitative estimate of drug-likeness (QED) is 0.0195. The van der Waals surface area contributed by atoms with Crippen LogP contribution in [0.2, 0.25) is 0 Å². The second kappa shape index (κ2) is 51.9. The number of esters is 1. The highest BCUT2D eigenvalue weighted by Gasteiger charge is 2.47. The van der Waals surface area contributed by atoms with Crippen molar-refractivity contribution in [3.63, 3.8) is 0 Å². The van der Waals surface area contributed by atoms with E-state index in [1.165, 1.54) is 193 Å². The number of rotatable bonds is 54. The maximum absolute atomic E-state index is 13.4. The second-order valence-electron chi connectivity index (χ2n) is 22.1. The van der Waals surface area contributed by atoms with E-state index in [0.717, 1.165) is 64.2 Å². The Balaban J connectivity index is 2.64. The van der Waals surface area contributed by atoms with Gasteiger partial charge in [0, 0.05) is 6.42 Å². The summed E-state index contributed by atoms with van der Waals surface area (Å²) in [6, 6.07) is -1.02. The Morgan fingerprint density at radius 3 is 1.31 bits per heavy atom. The number of hydrogen-bond acceptors (Lipinski definition) is 10. The molecule has 1 aliphatic heterocycles. The second-order valence-corrected chi connectivity index (χ2v) is 22.1. The Kier molecular flexibility index (Phi) is 49.2. The Hall–Kier alpha value is -1.86. The van der Waals surface area contributed by atoms with Gasteiger partial charge in [0.2, 0.25) is 5.91 Å². The summed E-state index contributed by atoms with van der Waals surface area (Å²) in [5.41, 5.74) is 0. The maximum atomic E-state index is 13.4. The number of hydrogen-bond donors (Lipinski definition) is 6. The van der Waals surface area contributed by atoms with Crippen LogP contribution < -0.4 is 5.32 Å². The molecule has 1 amide bonds. The average molecular weight is 1050 g/mol. The lowest BCUT2D eigenvalue weighted by Crippen LogP contribution is -2.61. The summed E-state index contributed by atoms with van der Waals surface area (Å²) in [5.74, 6) is -1.20. The standard InChI is InChI=1S/C63H119NO10/c1-4-7-10-13-16-19-22-24-26-27-28-29-30-31-32-35-38-41-44-47-50-56(67)62(71)64-54(55(66)49-46-43-40-37-34-21-18-15-12-9-6-3)53-72-63-61(60(70)59(69)57(52-65)73-63)74-58(68)51-48-45-42-39-36-33-25-23-20-17-14-11-8-5-2/h33,36,46,49,54-57,59-61,63,65-67,69-70H,4-32,34-35,37-45,47-48,50-53H2,1-3H3,(H,64,71)/b36-33-,49-46+. The van der Waals surface area contributed by atoms with Crippen molar-refractivity contribution in [3.8, 4) is 0 Å². The van der Waals surface area contributed by atoms with Crippen LogP contribution in [0.3, 0.4) is 0 Å². The fourth-order valence-electron chi connectivity index (χ4n) is 10.1. The molecule has 1 rings (SSSR count). The lowest BCUT2D eigenvalue weighted by molar-refractivity contribution is -0.305. The van der Waals surface area contributed by atoms with Crippen LogP contribution in [0.4, 0.5) is 0 Å². The molecular formula is C63H119NO10. The van der Waals surface area contributed by atoms with Gasteiger partial charge in [-0.25, -0.2) is 0 Å². The molecule has 1 saturated heterocycles. The van der Waals surface area contributed by atoms with E-state index in [1.54, 1.807) is 6.08 Å². The van der Waals surface area contributed by atoms with Gasteiger partial charge in [-0.3, -0.25) is 9.59 Å². The van der Waals surface area contributed by atoms with Gasteiger partial charge < -0.3 is 45.1 Å². The van der Waals surface area contributed by atoms with Crippen LogP contribution in [0.1, 0.15) is 303 Å². The zero-order chi connectivity index (χ0) is 54.0. The fraction of sp³-hybridized carbons (Fsp3) is 0.905. The largest absolute Gasteiger partial charge is 0.454 e. The zero-order valence-electron chi connectivity index (χ0n) is 48.2. The minimum atomic E-state index is -1.61. The van der Waals surface area contributed by atoms with Gasteiger partial charge >= 0.3 is 5.97 Å². The third kappa shape index (κ3) is 39.5. The van der Waals surface area contributed by atoms with E-state index in [2.05, 4.69) is 38.2 Å². The molecule has 0 saturated carbocycles. The van der Waals surface area contributed by atoms with Crippen molar-refractivity contribution >= 4 is 11.9 Å². The first-order chi connectivity index (χ1) is 36.2. The monoisotopic (exact) mass is 1050 g/mol. The van der Waals surface area contributed by atoms with E-state index in [9.17, 15) is 35.1 Å². The van der Waals surface area contributed by atoms with E-state index in [-0.39, 0.29) is 13.0 Å². The first-order valence-electron chi connectivity index (χ1n) is 31.6. The molecular weight excluding hydrogens is 931 g/mol. The molecule has 1 aliphatic rings. The first kappa shape index (κ1) is 70.2. The highest BCUT2D eigenvalue weighted by molar-refractivity contribution is 5.80. The van der Waals surface area contributed by atoms with Crippen LogP contribution in [0.15, 0.2) is 24.3 Å². The summed E-state index contributed by atoms with van der Waals surface area (Å²) in [4.78, 5) is 26.5. The molecule has 8 atom stereocenters. The van der Waals surface area contributed by atoms with Crippen molar-refractivity contribution < 1.29 is 49.3 Å². The smallest absolute Gasteiger partial charge is 0.306 e. The number of aliphatic hydroxyl groups is 5. The number of amides is 1. The Bertz CT molecular complexity index is 1300. The van der Waals surface area contributed by atoms with E-state index >= 15 is 0 Å². The predicted molar refractivity (Wildman–Crippen MR) is 306 cm³/mol. The summed E-state index contributed by atoms with van der Waals surface area (Å²) in [7, 11) is 0. The number of ether oxygens (including phenoxy) is 3. The van der Waals surface area contributed by atoms with Crippen molar-refractivity contribution in [1.29, 1.82) is 0 Å². The maximum Gasteiger partial charge on any atom is 0.306 e. The average Bonchev–Trinajstić information content (AvgIpc) is 3.40. The molecule has 0 aromatic rings. The first-order valence-corrected chi connectivity index (χ1v) is 31.6. The number of aliphatic hydroxyl groups excluding tert-OH is 5. The molecule has 1 fully saturated rings. The van der Waals surface area contributed by atoms with E-state index in [1.807, 2.05) is 6.08 Å². The summed E-state index contributed by atoms with van der Waals surface area (Å²) >= 11 is 0. The number of allylic oxidation sites excluding steroid dienone is 3. The minimum absolute atomic E-state index is 0.107. The van der Waals surface area contributed by atoms with Crippen LogP contribution in [-0.4, -0.2) is 99.6 Å². The van der Waals surface area contributed by atoms with Crippen LogP contribution in [-0.2, 0) is 23.8 Å². The van der Waals surface area contributed by atoms with E-state index < -0.39 is 67.4 Å². The van der Waals surface area contributed by atoms with Crippen LogP contribution in [0.5, 0.6) is 0 Å². The molecule has 74 heavy (non-hydrogen) atoms. The van der Waals surface area contributed by atoms with Gasteiger partial charge in [0.1, 0.15) is 24.4 Å². The van der Waals surface area contributed by atoms with Crippen molar-refractivity contribution in [1.82, 2.24) is 5.32 Å². The van der Waals surface area contributed by atoms with Gasteiger partial charge in [0.25, 0.3) is 0 Å². The lowest BCUT2D eigenvalue weighted by atomic mass is 9.99. The molecule has 8 unspecified atom stereocenters. The van der Waals surface area contributed by atoms with Crippen molar-refractivity contribution in [2.75, 3.05) is 13.2 Å². The molecule has 1 heterocycles. The molecule has 11 nitrogen and oxygen atoms in total. The molecule has 0 radical (unpaired) electrons. The van der Waals surface area contributed by atoms with Gasteiger partial charge in [-0.1, -0.05) is 270 Å². The lowest BCUT2D eigenvalue weighted by Gasteiger charge is -2.41. The van der Waals surface area contributed by atoms with Gasteiger partial charge in [-0.2, -0.15) is 0 Å². The summed E-state index contributed by atoms with van der Waals surface area (Å²) in [6.07, 6.45) is 49.4. The van der Waals surface area contributed by atoms with Crippen LogP contribution in [0.25, 0.3) is 0 Å². The Labute approximate surface area is 454 Å². The Morgan fingerprint density at radius 1 is 0.514 bits per heavy atom. The van der Waals surface area contributed by atoms with Crippen molar-refractivity contribution in [2.45, 2.75) is 352 Å². The third-order valence-electron chi connectivity index (χ3n) is 15.1. The van der Waals surface area contributed by atoms with Gasteiger partial charge in [-0.15, -0.1) is 0 Å². The normalized spacial score (nSPS) is 19.4. The number of nitrogens with one attached hydrogen (secondary N) is 1. The predicted octanol–water partition coefficient (Wildman–Crippen LogP) is 14.9. The fourth-order valence-corrected chi connectivity index (χ4v) is 10.1. The van der Waals surface area contributed by atoms with Crippen LogP contribution in [0, 0.1) is 0 Å². The van der Waals surface area contributed by atoms with Crippen molar-refractivity contribution in [3.05, 3.63) is 24.3 Å². The summed E-state index contributed by atoms with van der Waals surface area (Å²) < 4.78 is 17.6. The molecule has 0 spiro atoms. The number of carbonyl (C=O) groups is 2. The molecule has 0 aromatic carbocycles. The van der Waals surface area contributed by atoms with Gasteiger partial charge in [0.15, 0.2) is 12.4 Å². The molecule has 11 heteroatoms. The number of unbranched alkanes of at least 4 members (excludes halogenated alkanes) is 38. The van der Waals surface area contributed by atoms with Gasteiger partial charge in [0.05, 0.1) is 25.4 Å². The van der Waals surface area contributed by atoms with E-state index in [0.29, 0.717) is 19.3 Å². The highest BCUT2D eigenvalue weighted by Crippen LogP contribution is 2.26. The molecule has 0 aliphatic carbocycles. The molecule has 0 aromatic heterocycles. The summed E-state index contributed by atoms with van der Waals surface area (Å²) in [6.45, 7) is 5.80. The summed E-state index contributed by atoms with van der Waals surface area (Å²) in [5, 5.41) is 56.9. The Morgan fingerprint density at radius 2 is 0.892 bits per heavy atom. The zero-order valence-corrected chi connectivity index (χ0v) is 48.2. The van der Waals surface area contributed by atoms with E-state index in [4.69, 9.17) is 14.2 Å². The topological polar surface area (TPSA) is 175 Å². The SMILES string of the molecule is CCCCCCCCC/C=C\CCCCCC(=O)OC1C(OCC(NC(=O)C(O)CCCCCCCCCCCCCCCCCCCCCC)C(O)/C=C/CCCCCCCCCCC)OC(CO)C(O)C1O. The highest BCUT2D eigenvalue weighted by atomic mass is 16.7. The van der Waals surface area contributed by atoms with Crippen molar-refractivity contribution in [2.24, 2.45) is 0 Å². The van der Waals surface area contributed by atoms with Crippen LogP contribution >= 0.6 is 0 Å². The molecule has 0 bridgehead atoms. The third-order valence-corrected chi connectivity index (χ3v) is 15.1. The molecule has 436 valence electrons. The van der Waals surface area contributed by atoms with Gasteiger partial charge in [-0.05, 0) is 51.4 Å². The minimum Gasteiger partial charge on any atom is -0.454 e. The number of carbonyl (C=O) groups excluding carboxylic acids is 2.